The van der Waals surface area contributed by atoms with Gasteiger partial charge in [-0.15, -0.1) is 0 Å². The number of hydrogen-bond acceptors (Lipinski definition) is 6. The molecule has 0 atom stereocenters. The van der Waals surface area contributed by atoms with E-state index >= 15 is 0 Å². The van der Waals surface area contributed by atoms with E-state index in [1.807, 2.05) is 85.8 Å². The number of hydrogen-bond donors (Lipinski definition) is 0. The minimum atomic E-state index is -0.00937. The fourth-order valence-electron chi connectivity index (χ4n) is 4.76. The predicted octanol–water partition coefficient (Wildman–Crippen LogP) is 4.28. The molecule has 0 fully saturated rings. The van der Waals surface area contributed by atoms with Crippen LogP contribution in [0.2, 0.25) is 0 Å². The molecule has 0 bridgehead atoms. The van der Waals surface area contributed by atoms with Crippen molar-refractivity contribution in [1.82, 2.24) is 0 Å². The molecular formula is C29H16N6. The summed E-state index contributed by atoms with van der Waals surface area (Å²) in [6.07, 6.45) is 0.639. The zero-order chi connectivity index (χ0) is 24.5. The summed E-state index contributed by atoms with van der Waals surface area (Å²) < 4.78 is 0. The Hall–Kier alpha value is -5.30. The van der Waals surface area contributed by atoms with Gasteiger partial charge in [0.25, 0.3) is 0 Å². The summed E-state index contributed by atoms with van der Waals surface area (Å²) in [7, 11) is 0. The minimum Gasteiger partial charge on any atom is -0.250 e. The molecule has 2 heterocycles. The number of nitrogens with zero attached hydrogens (tertiary/aromatic N) is 6. The number of fused-ring (bicyclic) bond motifs is 2. The fraction of sp³-hybridized carbons (Fsp3) is 0.103. The van der Waals surface area contributed by atoms with Gasteiger partial charge in [0.15, 0.2) is 11.1 Å². The van der Waals surface area contributed by atoms with E-state index in [4.69, 9.17) is 9.98 Å². The Morgan fingerprint density at radius 3 is 1.69 bits per heavy atom. The fourth-order valence-corrected chi connectivity index (χ4v) is 4.76. The van der Waals surface area contributed by atoms with Gasteiger partial charge in [0.05, 0.1) is 22.1 Å². The van der Waals surface area contributed by atoms with Crippen molar-refractivity contribution in [2.24, 2.45) is 9.98 Å². The monoisotopic (exact) mass is 448 g/mol. The third kappa shape index (κ3) is 3.39. The maximum absolute atomic E-state index is 9.52. The summed E-state index contributed by atoms with van der Waals surface area (Å²) >= 11 is 0. The van der Waals surface area contributed by atoms with Crippen molar-refractivity contribution in [2.45, 2.75) is 19.8 Å². The van der Waals surface area contributed by atoms with Crippen molar-refractivity contribution in [3.05, 3.63) is 105 Å². The van der Waals surface area contributed by atoms with Crippen molar-refractivity contribution in [3.63, 3.8) is 0 Å². The molecule has 2 aliphatic heterocycles. The van der Waals surface area contributed by atoms with E-state index < -0.39 is 0 Å². The van der Waals surface area contributed by atoms with E-state index in [0.29, 0.717) is 35.0 Å². The van der Waals surface area contributed by atoms with Gasteiger partial charge in [-0.2, -0.15) is 21.0 Å². The maximum Gasteiger partial charge on any atom is 0.151 e. The Bertz CT molecular complexity index is 1750. The first-order valence-corrected chi connectivity index (χ1v) is 10.9. The van der Waals surface area contributed by atoms with Gasteiger partial charge in [0.2, 0.25) is 0 Å². The molecule has 0 aromatic heterocycles. The Morgan fingerprint density at radius 1 is 0.657 bits per heavy atom. The molecule has 6 heteroatoms. The summed E-state index contributed by atoms with van der Waals surface area (Å²) in [6.45, 7) is 2.01. The Balaban J connectivity index is 2.00. The SMILES string of the molecule is Cc1ccccc1-c1c2c(c(-c3ccccc3)c3c1=NC(=C(C#N)C#N)C3)=NC(=C(C#N)C#N)C2. The van der Waals surface area contributed by atoms with Gasteiger partial charge in [-0.05, 0) is 34.7 Å². The van der Waals surface area contributed by atoms with Crippen molar-refractivity contribution in [1.29, 1.82) is 21.0 Å². The first-order chi connectivity index (χ1) is 17.1. The second-order valence-corrected chi connectivity index (χ2v) is 8.25. The number of aryl methyl sites for hydroxylation is 1. The standard InChI is InChI=1S/C29H16N6/c1-17-7-5-6-10-21(17)27-23-12-25(20(15-32)16-33)34-28(23)26(18-8-3-2-4-9-18)22-11-24(35-29(22)27)19(13-30)14-31/h2-10H,11-12H2,1H3. The largest absolute Gasteiger partial charge is 0.250 e. The second-order valence-electron chi connectivity index (χ2n) is 8.25. The van der Waals surface area contributed by atoms with Gasteiger partial charge in [-0.1, -0.05) is 54.6 Å². The van der Waals surface area contributed by atoms with E-state index in [-0.39, 0.29) is 11.1 Å². The normalized spacial score (nSPS) is 12.7. The van der Waals surface area contributed by atoms with E-state index in [1.54, 1.807) is 0 Å². The molecule has 2 aliphatic rings. The molecule has 0 spiro atoms. The van der Waals surface area contributed by atoms with E-state index in [9.17, 15) is 21.0 Å². The van der Waals surface area contributed by atoms with Gasteiger partial charge in [-0.3, -0.25) is 0 Å². The molecule has 0 aliphatic carbocycles. The lowest BCUT2D eigenvalue weighted by Gasteiger charge is -2.15. The lowest BCUT2D eigenvalue weighted by atomic mass is 9.86. The lowest BCUT2D eigenvalue weighted by Crippen LogP contribution is -2.23. The minimum absolute atomic E-state index is 0.00937. The summed E-state index contributed by atoms with van der Waals surface area (Å²) in [4.78, 5) is 9.65. The molecule has 0 radical (unpaired) electrons. The van der Waals surface area contributed by atoms with Crippen LogP contribution in [0.15, 0.2) is 87.1 Å². The number of benzene rings is 3. The molecule has 0 amide bonds. The van der Waals surface area contributed by atoms with Crippen molar-refractivity contribution < 1.29 is 0 Å². The highest BCUT2D eigenvalue weighted by atomic mass is 14.8. The third-order valence-corrected chi connectivity index (χ3v) is 6.33. The lowest BCUT2D eigenvalue weighted by molar-refractivity contribution is 1.15. The molecule has 3 aromatic rings. The van der Waals surface area contributed by atoms with Crippen LogP contribution in [-0.4, -0.2) is 0 Å². The highest BCUT2D eigenvalue weighted by Gasteiger charge is 2.30. The average Bonchev–Trinajstić information content (AvgIpc) is 3.50. The highest BCUT2D eigenvalue weighted by molar-refractivity contribution is 5.80. The number of nitriles is 4. The molecule has 35 heavy (non-hydrogen) atoms. The second kappa shape index (κ2) is 8.57. The average molecular weight is 448 g/mol. The van der Waals surface area contributed by atoms with Crippen LogP contribution >= 0.6 is 0 Å². The Labute approximate surface area is 202 Å². The number of rotatable bonds is 2. The van der Waals surface area contributed by atoms with Crippen LogP contribution in [0.1, 0.15) is 16.7 Å². The Kier molecular flexibility index (Phi) is 5.27. The van der Waals surface area contributed by atoms with Gasteiger partial charge in [0, 0.05) is 24.0 Å². The smallest absolute Gasteiger partial charge is 0.151 e. The molecule has 0 unspecified atom stereocenters. The number of allylic oxidation sites excluding steroid dienone is 4. The van der Waals surface area contributed by atoms with Crippen LogP contribution in [0.3, 0.4) is 0 Å². The van der Waals surface area contributed by atoms with Gasteiger partial charge in [0.1, 0.15) is 24.3 Å². The molecule has 0 N–H and O–H groups in total. The molecule has 5 rings (SSSR count). The molecule has 6 nitrogen and oxygen atoms in total. The molecule has 0 saturated heterocycles. The maximum atomic E-state index is 9.52. The molecular weight excluding hydrogens is 432 g/mol. The first-order valence-electron chi connectivity index (χ1n) is 10.9. The van der Waals surface area contributed by atoms with E-state index in [0.717, 1.165) is 38.9 Å². The van der Waals surface area contributed by atoms with Crippen LogP contribution < -0.4 is 10.7 Å². The van der Waals surface area contributed by atoms with Crippen LogP contribution in [-0.2, 0) is 12.8 Å². The van der Waals surface area contributed by atoms with Crippen molar-refractivity contribution in [3.8, 4) is 46.5 Å². The predicted molar refractivity (Wildman–Crippen MR) is 128 cm³/mol. The topological polar surface area (TPSA) is 120 Å². The summed E-state index contributed by atoms with van der Waals surface area (Å²) in [5.74, 6) is 0. The molecule has 0 saturated carbocycles. The third-order valence-electron chi connectivity index (χ3n) is 6.33. The molecule has 162 valence electrons. The first kappa shape index (κ1) is 21.5. The van der Waals surface area contributed by atoms with Crippen LogP contribution in [0.4, 0.5) is 0 Å². The van der Waals surface area contributed by atoms with Crippen molar-refractivity contribution >= 4 is 0 Å². The van der Waals surface area contributed by atoms with Crippen LogP contribution in [0.5, 0.6) is 0 Å². The van der Waals surface area contributed by atoms with Gasteiger partial charge < -0.3 is 0 Å². The summed E-state index contributed by atoms with van der Waals surface area (Å²) in [5, 5.41) is 39.5. The zero-order valence-electron chi connectivity index (χ0n) is 18.8. The summed E-state index contributed by atoms with van der Waals surface area (Å²) in [6, 6.07) is 25.6. The Morgan fingerprint density at radius 2 is 1.14 bits per heavy atom. The van der Waals surface area contributed by atoms with E-state index in [2.05, 4.69) is 0 Å². The van der Waals surface area contributed by atoms with Crippen LogP contribution in [0, 0.1) is 52.2 Å². The van der Waals surface area contributed by atoms with E-state index in [1.165, 1.54) is 0 Å². The summed E-state index contributed by atoms with van der Waals surface area (Å²) in [5.41, 5.74) is 7.26. The highest BCUT2D eigenvalue weighted by Crippen LogP contribution is 2.34. The van der Waals surface area contributed by atoms with Gasteiger partial charge >= 0.3 is 0 Å². The zero-order valence-corrected chi connectivity index (χ0v) is 18.8. The van der Waals surface area contributed by atoms with Crippen molar-refractivity contribution in [2.75, 3.05) is 0 Å². The molecule has 3 aromatic carbocycles. The van der Waals surface area contributed by atoms with Crippen LogP contribution in [0.25, 0.3) is 22.3 Å². The quantitative estimate of drug-likeness (QED) is 0.543. The van der Waals surface area contributed by atoms with Gasteiger partial charge in [-0.25, -0.2) is 9.98 Å².